The molecule has 1 heterocycles. The molecule has 1 rings (SSSR count). The van der Waals surface area contributed by atoms with Gasteiger partial charge in [0.1, 0.15) is 0 Å². The minimum Gasteiger partial charge on any atom is -0.393 e. The Morgan fingerprint density at radius 2 is 2.00 bits per heavy atom. The van der Waals surface area contributed by atoms with E-state index in [0.29, 0.717) is 4.99 Å². The summed E-state index contributed by atoms with van der Waals surface area (Å²) in [5.41, 5.74) is 5.52. The van der Waals surface area contributed by atoms with Crippen molar-refractivity contribution in [2.24, 2.45) is 5.73 Å². The molecule has 3 nitrogen and oxygen atoms in total. The molecule has 1 aliphatic rings. The van der Waals surface area contributed by atoms with E-state index < -0.39 is 0 Å². The van der Waals surface area contributed by atoms with Crippen molar-refractivity contribution in [3.8, 4) is 0 Å². The standard InChI is InChI=1S/C12H25N3S/c1-2-14(11-6-12(13)16)9-5-10-15-7-3-4-8-15/h2-11H2,1H3,(H2,13,16). The summed E-state index contributed by atoms with van der Waals surface area (Å²) >= 11 is 4.90. The Morgan fingerprint density at radius 3 is 2.56 bits per heavy atom. The van der Waals surface area contributed by atoms with E-state index in [1.807, 2.05) is 0 Å². The molecule has 1 fully saturated rings. The van der Waals surface area contributed by atoms with Gasteiger partial charge in [0.15, 0.2) is 0 Å². The second kappa shape index (κ2) is 7.98. The monoisotopic (exact) mass is 243 g/mol. The zero-order valence-corrected chi connectivity index (χ0v) is 11.3. The average Bonchev–Trinajstić information content (AvgIpc) is 2.75. The molecular formula is C12H25N3S. The summed E-state index contributed by atoms with van der Waals surface area (Å²) in [6.45, 7) is 9.36. The molecule has 94 valence electrons. The molecule has 0 atom stereocenters. The van der Waals surface area contributed by atoms with Gasteiger partial charge in [0, 0.05) is 13.0 Å². The lowest BCUT2D eigenvalue weighted by Gasteiger charge is -2.22. The predicted molar refractivity (Wildman–Crippen MR) is 73.8 cm³/mol. The van der Waals surface area contributed by atoms with Gasteiger partial charge in [0.2, 0.25) is 0 Å². The number of hydrogen-bond donors (Lipinski definition) is 1. The topological polar surface area (TPSA) is 32.5 Å². The molecule has 0 saturated carbocycles. The molecule has 4 heteroatoms. The summed E-state index contributed by atoms with van der Waals surface area (Å²) in [6.07, 6.45) is 4.90. The van der Waals surface area contributed by atoms with E-state index in [1.54, 1.807) is 0 Å². The normalized spacial score (nSPS) is 17.1. The van der Waals surface area contributed by atoms with Crippen LogP contribution in [0.5, 0.6) is 0 Å². The quantitative estimate of drug-likeness (QED) is 0.654. The van der Waals surface area contributed by atoms with E-state index in [0.717, 1.165) is 19.5 Å². The van der Waals surface area contributed by atoms with Gasteiger partial charge in [0.05, 0.1) is 4.99 Å². The third-order valence-electron chi connectivity index (χ3n) is 3.27. The van der Waals surface area contributed by atoms with Gasteiger partial charge in [-0.15, -0.1) is 0 Å². The number of rotatable bonds is 8. The fraction of sp³-hybridized carbons (Fsp3) is 0.917. The number of nitrogens with two attached hydrogens (primary N) is 1. The lowest BCUT2D eigenvalue weighted by Crippen LogP contribution is -2.31. The van der Waals surface area contributed by atoms with E-state index in [-0.39, 0.29) is 0 Å². The van der Waals surface area contributed by atoms with Crippen molar-refractivity contribution >= 4 is 17.2 Å². The molecule has 0 aliphatic carbocycles. The van der Waals surface area contributed by atoms with Gasteiger partial charge in [-0.05, 0) is 52.0 Å². The van der Waals surface area contributed by atoms with E-state index >= 15 is 0 Å². The van der Waals surface area contributed by atoms with Crippen LogP contribution in [-0.2, 0) is 0 Å². The summed E-state index contributed by atoms with van der Waals surface area (Å²) in [5, 5.41) is 0. The first-order chi connectivity index (χ1) is 7.72. The Bertz CT molecular complexity index is 202. The maximum Gasteiger partial charge on any atom is 0.0740 e. The molecule has 0 aromatic heterocycles. The number of hydrogen-bond acceptors (Lipinski definition) is 3. The molecule has 16 heavy (non-hydrogen) atoms. The highest BCUT2D eigenvalue weighted by molar-refractivity contribution is 7.80. The van der Waals surface area contributed by atoms with Crippen LogP contribution in [0.15, 0.2) is 0 Å². The highest BCUT2D eigenvalue weighted by atomic mass is 32.1. The average molecular weight is 243 g/mol. The molecule has 0 bridgehead atoms. The molecule has 1 aliphatic heterocycles. The Kier molecular flexibility index (Phi) is 6.92. The van der Waals surface area contributed by atoms with Gasteiger partial charge < -0.3 is 15.5 Å². The second-order valence-electron chi connectivity index (χ2n) is 4.55. The Balaban J connectivity index is 2.05. The van der Waals surface area contributed by atoms with Gasteiger partial charge in [-0.25, -0.2) is 0 Å². The van der Waals surface area contributed by atoms with Crippen LogP contribution in [0.3, 0.4) is 0 Å². The molecule has 0 spiro atoms. The maximum absolute atomic E-state index is 5.52. The van der Waals surface area contributed by atoms with Crippen LogP contribution in [0, 0.1) is 0 Å². The molecular weight excluding hydrogens is 218 g/mol. The predicted octanol–water partition coefficient (Wildman–Crippen LogP) is 1.47. The van der Waals surface area contributed by atoms with Crippen molar-refractivity contribution in [3.05, 3.63) is 0 Å². The summed E-state index contributed by atoms with van der Waals surface area (Å²) in [7, 11) is 0. The second-order valence-corrected chi connectivity index (χ2v) is 5.08. The number of nitrogens with zero attached hydrogens (tertiary/aromatic N) is 2. The third-order valence-corrected chi connectivity index (χ3v) is 3.47. The van der Waals surface area contributed by atoms with Crippen LogP contribution < -0.4 is 5.73 Å². The van der Waals surface area contributed by atoms with Crippen LogP contribution in [0.1, 0.15) is 32.6 Å². The van der Waals surface area contributed by atoms with Gasteiger partial charge in [-0.1, -0.05) is 19.1 Å². The molecule has 0 aromatic carbocycles. The summed E-state index contributed by atoms with van der Waals surface area (Å²) in [5.74, 6) is 0. The molecule has 0 aromatic rings. The third kappa shape index (κ3) is 5.77. The highest BCUT2D eigenvalue weighted by Gasteiger charge is 2.11. The molecule has 2 N–H and O–H groups in total. The highest BCUT2D eigenvalue weighted by Crippen LogP contribution is 2.07. The summed E-state index contributed by atoms with van der Waals surface area (Å²) in [6, 6.07) is 0. The lowest BCUT2D eigenvalue weighted by atomic mass is 10.3. The van der Waals surface area contributed by atoms with E-state index in [4.69, 9.17) is 18.0 Å². The Morgan fingerprint density at radius 1 is 1.31 bits per heavy atom. The molecule has 0 radical (unpaired) electrons. The van der Waals surface area contributed by atoms with Gasteiger partial charge in [0.25, 0.3) is 0 Å². The van der Waals surface area contributed by atoms with Crippen LogP contribution in [0.25, 0.3) is 0 Å². The largest absolute Gasteiger partial charge is 0.393 e. The van der Waals surface area contributed by atoms with Gasteiger partial charge in [-0.2, -0.15) is 0 Å². The zero-order chi connectivity index (χ0) is 11.8. The van der Waals surface area contributed by atoms with Crippen LogP contribution >= 0.6 is 12.2 Å². The lowest BCUT2D eigenvalue weighted by molar-refractivity contribution is 0.259. The smallest absolute Gasteiger partial charge is 0.0740 e. The number of likely N-dealkylation sites (tertiary alicyclic amines) is 1. The molecule has 0 unspecified atom stereocenters. The van der Waals surface area contributed by atoms with Crippen LogP contribution in [-0.4, -0.2) is 54.1 Å². The van der Waals surface area contributed by atoms with Gasteiger partial charge >= 0.3 is 0 Å². The number of thiocarbonyl (C=S) groups is 1. The first kappa shape index (κ1) is 13.9. The van der Waals surface area contributed by atoms with Crippen molar-refractivity contribution in [2.75, 3.05) is 39.3 Å². The molecule has 1 saturated heterocycles. The van der Waals surface area contributed by atoms with Crippen LogP contribution in [0.4, 0.5) is 0 Å². The first-order valence-electron chi connectivity index (χ1n) is 6.45. The van der Waals surface area contributed by atoms with Crippen molar-refractivity contribution in [1.82, 2.24) is 9.80 Å². The van der Waals surface area contributed by atoms with Crippen molar-refractivity contribution in [2.45, 2.75) is 32.6 Å². The summed E-state index contributed by atoms with van der Waals surface area (Å²) < 4.78 is 0. The van der Waals surface area contributed by atoms with E-state index in [9.17, 15) is 0 Å². The fourth-order valence-corrected chi connectivity index (χ4v) is 2.31. The zero-order valence-electron chi connectivity index (χ0n) is 10.5. The van der Waals surface area contributed by atoms with Crippen molar-refractivity contribution in [1.29, 1.82) is 0 Å². The maximum atomic E-state index is 5.52. The van der Waals surface area contributed by atoms with E-state index in [2.05, 4.69) is 16.7 Å². The minimum atomic E-state index is 0.637. The van der Waals surface area contributed by atoms with Crippen LogP contribution in [0.2, 0.25) is 0 Å². The fourth-order valence-electron chi connectivity index (χ4n) is 2.22. The van der Waals surface area contributed by atoms with Crippen molar-refractivity contribution in [3.63, 3.8) is 0 Å². The Labute approximate surface area is 105 Å². The summed E-state index contributed by atoms with van der Waals surface area (Å²) in [4.78, 5) is 5.65. The minimum absolute atomic E-state index is 0.637. The first-order valence-corrected chi connectivity index (χ1v) is 6.86. The van der Waals surface area contributed by atoms with Gasteiger partial charge in [-0.3, -0.25) is 0 Å². The SMILES string of the molecule is CCN(CCCN1CCCC1)CCC(N)=S. The van der Waals surface area contributed by atoms with Crippen molar-refractivity contribution < 1.29 is 0 Å². The Hall–Kier alpha value is -0.190. The van der Waals surface area contributed by atoms with E-state index in [1.165, 1.54) is 45.4 Å². The molecule has 0 amide bonds.